The zero-order valence-corrected chi connectivity index (χ0v) is 18.0. The van der Waals surface area contributed by atoms with E-state index in [1.165, 1.54) is 5.56 Å². The van der Waals surface area contributed by atoms with E-state index in [1.807, 2.05) is 0 Å². The van der Waals surface area contributed by atoms with Gasteiger partial charge < -0.3 is 14.2 Å². The molecular formula is C23H24N2O4S. The summed E-state index contributed by atoms with van der Waals surface area (Å²) in [5, 5.41) is 0.703. The lowest BCUT2D eigenvalue weighted by Crippen LogP contribution is -2.37. The van der Waals surface area contributed by atoms with E-state index in [0.29, 0.717) is 42.0 Å². The van der Waals surface area contributed by atoms with Crippen LogP contribution in [0.2, 0.25) is 0 Å². The molecule has 0 N–H and O–H groups in total. The van der Waals surface area contributed by atoms with E-state index in [9.17, 15) is 4.79 Å². The van der Waals surface area contributed by atoms with Crippen molar-refractivity contribution in [1.29, 1.82) is 0 Å². The molecule has 0 bridgehead atoms. The summed E-state index contributed by atoms with van der Waals surface area (Å²) >= 11 is 1.55. The smallest absolute Gasteiger partial charge is 0.260 e. The SMILES string of the molecule is Cc1ccc2sc(N(CC3CCCO3)C(=O)c3ccc4c(c3)OCCO4)nc2c1C. The second kappa shape index (κ2) is 7.89. The quantitative estimate of drug-likeness (QED) is 0.617. The molecule has 1 atom stereocenters. The first-order valence-electron chi connectivity index (χ1n) is 10.3. The molecule has 30 heavy (non-hydrogen) atoms. The lowest BCUT2D eigenvalue weighted by molar-refractivity contribution is 0.0916. The number of ether oxygens (including phenoxy) is 3. The number of hydrogen-bond acceptors (Lipinski definition) is 6. The van der Waals surface area contributed by atoms with E-state index in [0.717, 1.165) is 35.2 Å². The Bertz CT molecular complexity index is 1100. The van der Waals surface area contributed by atoms with Crippen molar-refractivity contribution in [2.75, 3.05) is 31.3 Å². The topological polar surface area (TPSA) is 60.9 Å². The van der Waals surface area contributed by atoms with E-state index < -0.39 is 0 Å². The van der Waals surface area contributed by atoms with Gasteiger partial charge in [-0.2, -0.15) is 0 Å². The van der Waals surface area contributed by atoms with Gasteiger partial charge in [-0.05, 0) is 62.1 Å². The third-order valence-corrected chi connectivity index (χ3v) is 6.79. The van der Waals surface area contributed by atoms with Gasteiger partial charge in [-0.3, -0.25) is 9.69 Å². The number of carbonyl (C=O) groups excluding carboxylic acids is 1. The van der Waals surface area contributed by atoms with Crippen LogP contribution in [0.25, 0.3) is 10.2 Å². The van der Waals surface area contributed by atoms with Crippen molar-refractivity contribution in [1.82, 2.24) is 4.98 Å². The standard InChI is InChI=1S/C23H24N2O4S/c1-14-5-8-20-21(15(14)2)24-23(30-20)25(13-17-4-3-9-27-17)22(26)16-6-7-18-19(12-16)29-11-10-28-18/h5-8,12,17H,3-4,9-11,13H2,1-2H3. The van der Waals surface area contributed by atoms with E-state index in [1.54, 1.807) is 34.4 Å². The molecule has 2 aliphatic heterocycles. The number of amides is 1. The minimum atomic E-state index is -0.101. The molecule has 7 heteroatoms. The van der Waals surface area contributed by atoms with E-state index in [4.69, 9.17) is 19.2 Å². The molecule has 5 rings (SSSR count). The predicted octanol–water partition coefficient (Wildman–Crippen LogP) is 4.51. The van der Waals surface area contributed by atoms with Crippen LogP contribution in [0.3, 0.4) is 0 Å². The van der Waals surface area contributed by atoms with Gasteiger partial charge in [0, 0.05) is 12.2 Å². The van der Waals surface area contributed by atoms with Crippen LogP contribution in [0.1, 0.15) is 34.3 Å². The maximum absolute atomic E-state index is 13.6. The van der Waals surface area contributed by atoms with Crippen molar-refractivity contribution in [3.8, 4) is 11.5 Å². The fourth-order valence-corrected chi connectivity index (χ4v) is 4.93. The van der Waals surface area contributed by atoms with Gasteiger partial charge in [0.1, 0.15) is 13.2 Å². The number of thiazole rings is 1. The minimum absolute atomic E-state index is 0.0287. The molecule has 3 heterocycles. The summed E-state index contributed by atoms with van der Waals surface area (Å²) in [6.07, 6.45) is 2.00. The molecule has 2 aromatic carbocycles. The summed E-state index contributed by atoms with van der Waals surface area (Å²) in [4.78, 5) is 20.2. The highest BCUT2D eigenvalue weighted by molar-refractivity contribution is 7.22. The molecule has 0 radical (unpaired) electrons. The third-order valence-electron chi connectivity index (χ3n) is 5.75. The van der Waals surface area contributed by atoms with Crippen LogP contribution in [0.15, 0.2) is 30.3 Å². The maximum atomic E-state index is 13.6. The number of carbonyl (C=O) groups is 1. The Morgan fingerprint density at radius 3 is 2.77 bits per heavy atom. The molecule has 2 aliphatic rings. The van der Waals surface area contributed by atoms with Gasteiger partial charge in [0.25, 0.3) is 5.91 Å². The Hall–Kier alpha value is -2.64. The first-order chi connectivity index (χ1) is 14.6. The van der Waals surface area contributed by atoms with Crippen LogP contribution in [0.4, 0.5) is 5.13 Å². The predicted molar refractivity (Wildman–Crippen MR) is 117 cm³/mol. The van der Waals surface area contributed by atoms with Gasteiger partial charge in [-0.25, -0.2) is 4.98 Å². The zero-order chi connectivity index (χ0) is 20.7. The third kappa shape index (κ3) is 3.52. The molecule has 1 aromatic heterocycles. The molecule has 0 spiro atoms. The largest absolute Gasteiger partial charge is 0.486 e. The van der Waals surface area contributed by atoms with Gasteiger partial charge in [0.05, 0.1) is 22.9 Å². The van der Waals surface area contributed by atoms with Gasteiger partial charge in [-0.1, -0.05) is 17.4 Å². The number of rotatable bonds is 4. The average Bonchev–Trinajstić information content (AvgIpc) is 3.44. The van der Waals surface area contributed by atoms with Crippen LogP contribution in [0.5, 0.6) is 11.5 Å². The van der Waals surface area contributed by atoms with E-state index in [-0.39, 0.29) is 12.0 Å². The van der Waals surface area contributed by atoms with Crippen molar-refractivity contribution in [3.63, 3.8) is 0 Å². The number of anilines is 1. The highest BCUT2D eigenvalue weighted by atomic mass is 32.1. The summed E-state index contributed by atoms with van der Waals surface area (Å²) in [6, 6.07) is 9.55. The first-order valence-corrected chi connectivity index (χ1v) is 11.1. The van der Waals surface area contributed by atoms with Gasteiger partial charge in [0.2, 0.25) is 0 Å². The molecule has 6 nitrogen and oxygen atoms in total. The summed E-state index contributed by atoms with van der Waals surface area (Å²) in [5.74, 6) is 1.19. The highest BCUT2D eigenvalue weighted by Crippen LogP contribution is 2.35. The maximum Gasteiger partial charge on any atom is 0.260 e. The number of aromatic nitrogens is 1. The molecule has 1 fully saturated rings. The fraction of sp³-hybridized carbons (Fsp3) is 0.391. The Balaban J connectivity index is 1.53. The lowest BCUT2D eigenvalue weighted by atomic mass is 10.1. The normalized spacial score (nSPS) is 18.0. The molecule has 156 valence electrons. The summed E-state index contributed by atoms with van der Waals surface area (Å²) in [6.45, 7) is 6.41. The van der Waals surface area contributed by atoms with Crippen LogP contribution in [-0.4, -0.2) is 43.4 Å². The molecule has 1 amide bonds. The number of hydrogen-bond donors (Lipinski definition) is 0. The van der Waals surface area contributed by atoms with Crippen LogP contribution in [-0.2, 0) is 4.74 Å². The average molecular weight is 425 g/mol. The molecule has 0 saturated carbocycles. The van der Waals surface area contributed by atoms with Crippen LogP contribution in [0, 0.1) is 13.8 Å². The summed E-state index contributed by atoms with van der Waals surface area (Å²) in [5.41, 5.74) is 3.87. The Labute approximate surface area is 179 Å². The van der Waals surface area contributed by atoms with Crippen LogP contribution < -0.4 is 14.4 Å². The van der Waals surface area contributed by atoms with E-state index in [2.05, 4.69) is 26.0 Å². The van der Waals surface area contributed by atoms with E-state index >= 15 is 0 Å². The second-order valence-electron chi connectivity index (χ2n) is 7.76. The highest BCUT2D eigenvalue weighted by Gasteiger charge is 2.28. The Kier molecular flexibility index (Phi) is 5.08. The van der Waals surface area contributed by atoms with Crippen molar-refractivity contribution in [3.05, 3.63) is 47.0 Å². The number of fused-ring (bicyclic) bond motifs is 2. The fourth-order valence-electron chi connectivity index (χ4n) is 3.90. The van der Waals surface area contributed by atoms with Crippen molar-refractivity contribution >= 4 is 32.6 Å². The van der Waals surface area contributed by atoms with Gasteiger partial charge in [0.15, 0.2) is 16.6 Å². The first kappa shape index (κ1) is 19.3. The molecular weight excluding hydrogens is 400 g/mol. The molecule has 1 saturated heterocycles. The Morgan fingerprint density at radius 2 is 1.97 bits per heavy atom. The monoisotopic (exact) mass is 424 g/mol. The van der Waals surface area contributed by atoms with Gasteiger partial charge in [-0.15, -0.1) is 0 Å². The number of benzene rings is 2. The van der Waals surface area contributed by atoms with Crippen molar-refractivity contribution in [2.24, 2.45) is 0 Å². The lowest BCUT2D eigenvalue weighted by Gasteiger charge is -2.24. The molecule has 0 aliphatic carbocycles. The molecule has 1 unspecified atom stereocenters. The number of nitrogens with zero attached hydrogens (tertiary/aromatic N) is 2. The summed E-state index contributed by atoms with van der Waals surface area (Å²) in [7, 11) is 0. The Morgan fingerprint density at radius 1 is 1.13 bits per heavy atom. The molecule has 3 aromatic rings. The van der Waals surface area contributed by atoms with Gasteiger partial charge >= 0.3 is 0 Å². The zero-order valence-electron chi connectivity index (χ0n) is 17.1. The summed E-state index contributed by atoms with van der Waals surface area (Å²) < 4.78 is 18.2. The number of aryl methyl sites for hydroxylation is 2. The van der Waals surface area contributed by atoms with Crippen LogP contribution >= 0.6 is 11.3 Å². The van der Waals surface area contributed by atoms with Crippen molar-refractivity contribution in [2.45, 2.75) is 32.8 Å². The minimum Gasteiger partial charge on any atom is -0.486 e. The second-order valence-corrected chi connectivity index (χ2v) is 8.77. The van der Waals surface area contributed by atoms with Crippen molar-refractivity contribution < 1.29 is 19.0 Å².